The van der Waals surface area contributed by atoms with Crippen molar-refractivity contribution in [3.8, 4) is 0 Å². The first-order chi connectivity index (χ1) is 11.7. The van der Waals surface area contributed by atoms with E-state index in [1.165, 1.54) is 0 Å². The molecule has 2 aromatic rings. The predicted molar refractivity (Wildman–Crippen MR) is 90.5 cm³/mol. The molecular weight excluding hydrogens is 304 g/mol. The number of aliphatic hydroxyl groups is 1. The number of hydrogen-bond acceptors (Lipinski definition) is 4. The molecule has 0 radical (unpaired) electrons. The molecule has 6 nitrogen and oxygen atoms in total. The van der Waals surface area contributed by atoms with Gasteiger partial charge in [0.15, 0.2) is 0 Å². The molecule has 1 saturated carbocycles. The number of hydrogen-bond donors (Lipinski definition) is 3. The summed E-state index contributed by atoms with van der Waals surface area (Å²) in [7, 11) is 0. The summed E-state index contributed by atoms with van der Waals surface area (Å²) in [6.45, 7) is 2.07. The number of aryl methyl sites for hydroxylation is 1. The topological polar surface area (TPSA) is 90.9 Å². The van der Waals surface area contributed by atoms with Crippen LogP contribution < -0.4 is 5.32 Å². The predicted octanol–water partition coefficient (Wildman–Crippen LogP) is 1.87. The molecule has 0 aliphatic heterocycles. The fraction of sp³-hybridized carbons (Fsp3) is 0.500. The zero-order chi connectivity index (χ0) is 16.9. The Kier molecular flexibility index (Phi) is 5.25. The molecule has 1 fully saturated rings. The highest BCUT2D eigenvalue weighted by Crippen LogP contribution is 2.31. The molecule has 1 aliphatic rings. The van der Waals surface area contributed by atoms with Crippen molar-refractivity contribution in [3.05, 3.63) is 47.5 Å². The third-order valence-corrected chi connectivity index (χ3v) is 4.65. The minimum Gasteiger partial charge on any atom is -0.393 e. The van der Waals surface area contributed by atoms with E-state index in [1.54, 1.807) is 12.4 Å². The summed E-state index contributed by atoms with van der Waals surface area (Å²) in [6.07, 6.45) is 6.99. The zero-order valence-corrected chi connectivity index (χ0v) is 13.9. The Balaban J connectivity index is 1.71. The summed E-state index contributed by atoms with van der Waals surface area (Å²) < 4.78 is 0. The van der Waals surface area contributed by atoms with Crippen molar-refractivity contribution in [1.82, 2.24) is 20.5 Å². The van der Waals surface area contributed by atoms with Crippen LogP contribution in [0, 0.1) is 5.92 Å². The maximum absolute atomic E-state index is 12.7. The van der Waals surface area contributed by atoms with Gasteiger partial charge in [0.1, 0.15) is 0 Å². The molecule has 0 aromatic carbocycles. The number of amides is 1. The second-order valence-electron chi connectivity index (χ2n) is 6.50. The summed E-state index contributed by atoms with van der Waals surface area (Å²) in [5.74, 6) is 0.182. The van der Waals surface area contributed by atoms with Crippen LogP contribution in [-0.4, -0.2) is 38.3 Å². The summed E-state index contributed by atoms with van der Waals surface area (Å²) in [6, 6.07) is 5.77. The first-order valence-corrected chi connectivity index (χ1v) is 8.58. The molecule has 1 amide bonds. The quantitative estimate of drug-likeness (QED) is 0.723. The number of nitrogens with one attached hydrogen (secondary N) is 2. The smallest absolute Gasteiger partial charge is 0.254 e. The highest BCUT2D eigenvalue weighted by Gasteiger charge is 2.35. The minimum atomic E-state index is -0.247. The second kappa shape index (κ2) is 7.57. The molecule has 0 unspecified atom stereocenters. The van der Waals surface area contributed by atoms with E-state index in [1.807, 2.05) is 18.2 Å². The lowest BCUT2D eigenvalue weighted by atomic mass is 9.76. The van der Waals surface area contributed by atoms with Crippen molar-refractivity contribution < 1.29 is 9.90 Å². The van der Waals surface area contributed by atoms with E-state index in [0.717, 1.165) is 37.1 Å². The van der Waals surface area contributed by atoms with E-state index in [2.05, 4.69) is 27.4 Å². The molecule has 6 heteroatoms. The first-order valence-electron chi connectivity index (χ1n) is 8.58. The van der Waals surface area contributed by atoms with Gasteiger partial charge < -0.3 is 10.4 Å². The molecule has 24 heavy (non-hydrogen) atoms. The third-order valence-electron chi connectivity index (χ3n) is 4.65. The Morgan fingerprint density at radius 1 is 1.46 bits per heavy atom. The molecule has 1 aliphatic carbocycles. The number of aromatic nitrogens is 3. The van der Waals surface area contributed by atoms with E-state index in [9.17, 15) is 9.90 Å². The third kappa shape index (κ3) is 3.82. The molecule has 2 aromatic heterocycles. The van der Waals surface area contributed by atoms with Crippen LogP contribution in [-0.2, 0) is 12.8 Å². The van der Waals surface area contributed by atoms with Crippen LogP contribution in [0.1, 0.15) is 47.9 Å². The van der Waals surface area contributed by atoms with Crippen LogP contribution in [0.5, 0.6) is 0 Å². The Morgan fingerprint density at radius 3 is 2.96 bits per heavy atom. The maximum atomic E-state index is 12.7. The zero-order valence-electron chi connectivity index (χ0n) is 13.9. The van der Waals surface area contributed by atoms with E-state index in [0.29, 0.717) is 12.0 Å². The minimum absolute atomic E-state index is 0.0276. The average Bonchev–Trinajstić information content (AvgIpc) is 3.01. The van der Waals surface area contributed by atoms with E-state index in [-0.39, 0.29) is 24.0 Å². The monoisotopic (exact) mass is 328 g/mol. The maximum Gasteiger partial charge on any atom is 0.254 e. The fourth-order valence-electron chi connectivity index (χ4n) is 3.23. The van der Waals surface area contributed by atoms with Crippen LogP contribution in [0.2, 0.25) is 0 Å². The highest BCUT2D eigenvalue weighted by molar-refractivity contribution is 5.95. The lowest BCUT2D eigenvalue weighted by Crippen LogP contribution is -2.48. The number of carbonyl (C=O) groups excluding carboxylic acids is 1. The Bertz CT molecular complexity index is 665. The number of pyridine rings is 1. The molecule has 128 valence electrons. The molecule has 3 N–H and O–H groups in total. The average molecular weight is 328 g/mol. The van der Waals surface area contributed by atoms with E-state index >= 15 is 0 Å². The normalized spacial score (nSPS) is 21.1. The van der Waals surface area contributed by atoms with Crippen molar-refractivity contribution in [2.45, 2.75) is 51.2 Å². The SMILES string of the molecule is CCCc1[nH]ncc1C(=O)N[C@@H](Cc1ccccn1)C1CC(O)C1. The summed E-state index contributed by atoms with van der Waals surface area (Å²) in [5, 5.41) is 19.7. The van der Waals surface area contributed by atoms with Gasteiger partial charge in [-0.15, -0.1) is 0 Å². The van der Waals surface area contributed by atoms with Gasteiger partial charge in [-0.2, -0.15) is 5.10 Å². The fourth-order valence-corrected chi connectivity index (χ4v) is 3.23. The van der Waals surface area contributed by atoms with Gasteiger partial charge in [0, 0.05) is 30.0 Å². The summed E-state index contributed by atoms with van der Waals surface area (Å²) in [5.41, 5.74) is 2.44. The number of aromatic amines is 1. The Morgan fingerprint density at radius 2 is 2.29 bits per heavy atom. The summed E-state index contributed by atoms with van der Waals surface area (Å²) >= 11 is 0. The van der Waals surface area contributed by atoms with Crippen molar-refractivity contribution in [2.24, 2.45) is 5.92 Å². The largest absolute Gasteiger partial charge is 0.393 e. The van der Waals surface area contributed by atoms with Gasteiger partial charge in [-0.25, -0.2) is 0 Å². The van der Waals surface area contributed by atoms with Gasteiger partial charge in [-0.05, 0) is 37.3 Å². The van der Waals surface area contributed by atoms with Crippen LogP contribution in [0.15, 0.2) is 30.6 Å². The number of nitrogens with zero attached hydrogens (tertiary/aromatic N) is 2. The number of aliphatic hydroxyl groups excluding tert-OH is 1. The van der Waals surface area contributed by atoms with Crippen molar-refractivity contribution >= 4 is 5.91 Å². The van der Waals surface area contributed by atoms with Gasteiger partial charge >= 0.3 is 0 Å². The number of carbonyl (C=O) groups is 1. The van der Waals surface area contributed by atoms with Gasteiger partial charge in [0.05, 0.1) is 17.9 Å². The highest BCUT2D eigenvalue weighted by atomic mass is 16.3. The van der Waals surface area contributed by atoms with Crippen LogP contribution >= 0.6 is 0 Å². The molecule has 1 atom stereocenters. The van der Waals surface area contributed by atoms with Crippen molar-refractivity contribution in [3.63, 3.8) is 0 Å². The molecule has 3 rings (SSSR count). The molecular formula is C18H24N4O2. The molecule has 0 saturated heterocycles. The van der Waals surface area contributed by atoms with Gasteiger partial charge in [0.25, 0.3) is 5.91 Å². The van der Waals surface area contributed by atoms with Crippen LogP contribution in [0.4, 0.5) is 0 Å². The van der Waals surface area contributed by atoms with Crippen LogP contribution in [0.3, 0.4) is 0 Å². The van der Waals surface area contributed by atoms with Gasteiger partial charge in [-0.1, -0.05) is 19.4 Å². The summed E-state index contributed by atoms with van der Waals surface area (Å²) in [4.78, 5) is 17.0. The van der Waals surface area contributed by atoms with Crippen molar-refractivity contribution in [2.75, 3.05) is 0 Å². The standard InChI is InChI=1S/C18H24N4O2/c1-2-5-16-15(11-20-22-16)18(24)21-17(12-8-14(23)9-12)10-13-6-3-4-7-19-13/h3-4,6-7,11-12,14,17,23H,2,5,8-10H2,1H3,(H,20,22)(H,21,24)/t12?,14?,17-/m0/s1. The van der Waals surface area contributed by atoms with Crippen molar-refractivity contribution in [1.29, 1.82) is 0 Å². The van der Waals surface area contributed by atoms with Crippen LogP contribution in [0.25, 0.3) is 0 Å². The number of H-pyrrole nitrogens is 1. The lowest BCUT2D eigenvalue weighted by Gasteiger charge is -2.38. The molecule has 0 bridgehead atoms. The van der Waals surface area contributed by atoms with Gasteiger partial charge in [0.2, 0.25) is 0 Å². The first kappa shape index (κ1) is 16.6. The Labute approximate surface area is 141 Å². The van der Waals surface area contributed by atoms with Gasteiger partial charge in [-0.3, -0.25) is 14.9 Å². The van der Waals surface area contributed by atoms with E-state index < -0.39 is 0 Å². The molecule has 2 heterocycles. The lowest BCUT2D eigenvalue weighted by molar-refractivity contribution is 0.0237. The number of rotatable bonds is 7. The van der Waals surface area contributed by atoms with E-state index in [4.69, 9.17) is 0 Å². The molecule has 0 spiro atoms. The second-order valence-corrected chi connectivity index (χ2v) is 6.50. The Hall–Kier alpha value is -2.21.